The van der Waals surface area contributed by atoms with E-state index in [2.05, 4.69) is 165 Å². The fourth-order valence-electron chi connectivity index (χ4n) is 7.80. The molecule has 2 aliphatic rings. The summed E-state index contributed by atoms with van der Waals surface area (Å²) in [6, 6.07) is 33.1. The third kappa shape index (κ3) is 5.08. The summed E-state index contributed by atoms with van der Waals surface area (Å²) in [5.74, 6) is 5.00. The van der Waals surface area contributed by atoms with Crippen molar-refractivity contribution in [1.29, 1.82) is 0 Å². The van der Waals surface area contributed by atoms with E-state index in [9.17, 15) is 0 Å². The number of para-hydroxylation sites is 3. The maximum absolute atomic E-state index is 7.15. The van der Waals surface area contributed by atoms with Crippen LogP contribution in [-0.2, 0) is 10.8 Å². The monoisotopic (exact) mass is 658 g/mol. The first-order chi connectivity index (χ1) is 23.7. The topological polar surface area (TPSA) is 36.3 Å². The SMILES string of the molecule is CC(C)c1cccc(C(C)C)c1-n1c(-c2ccc3c4c2Oc2cc(C(C)(C)C)ccc2B4c2ccc(C(C)(C)C)cc2O3)nc2ccccc21. The minimum atomic E-state index is -0.0394. The van der Waals surface area contributed by atoms with Gasteiger partial charge in [0, 0.05) is 5.46 Å². The van der Waals surface area contributed by atoms with E-state index in [1.807, 2.05) is 0 Å². The van der Waals surface area contributed by atoms with Crippen LogP contribution in [0.1, 0.15) is 103 Å². The number of hydrogen-bond acceptors (Lipinski definition) is 3. The molecule has 0 N–H and O–H groups in total. The molecule has 4 nitrogen and oxygen atoms in total. The van der Waals surface area contributed by atoms with E-state index in [0.717, 1.165) is 61.8 Å². The summed E-state index contributed by atoms with van der Waals surface area (Å²) in [4.78, 5) is 5.40. The van der Waals surface area contributed by atoms with Gasteiger partial charge in [0.15, 0.2) is 0 Å². The lowest BCUT2D eigenvalue weighted by Crippen LogP contribution is -2.57. The molecule has 0 fully saturated rings. The van der Waals surface area contributed by atoms with Crippen LogP contribution in [-0.4, -0.2) is 16.3 Å². The molecule has 5 heteroatoms. The van der Waals surface area contributed by atoms with Crippen molar-refractivity contribution in [2.24, 2.45) is 0 Å². The van der Waals surface area contributed by atoms with Gasteiger partial charge in [0.2, 0.25) is 0 Å². The molecule has 0 amide bonds. The normalized spacial score (nSPS) is 13.6. The summed E-state index contributed by atoms with van der Waals surface area (Å²) in [5, 5.41) is 0. The summed E-state index contributed by atoms with van der Waals surface area (Å²) in [6.07, 6.45) is 0. The Morgan fingerprint density at radius 1 is 0.620 bits per heavy atom. The van der Waals surface area contributed by atoms with Crippen molar-refractivity contribution in [2.45, 2.75) is 91.9 Å². The molecule has 0 aliphatic carbocycles. The van der Waals surface area contributed by atoms with Crippen LogP contribution in [0.3, 0.4) is 0 Å². The first-order valence-corrected chi connectivity index (χ1v) is 18.1. The third-order valence-electron chi connectivity index (χ3n) is 10.6. The molecule has 0 saturated heterocycles. The summed E-state index contributed by atoms with van der Waals surface area (Å²) >= 11 is 0. The van der Waals surface area contributed by atoms with Crippen LogP contribution in [0.5, 0.6) is 23.0 Å². The van der Waals surface area contributed by atoms with E-state index >= 15 is 0 Å². The van der Waals surface area contributed by atoms with Gasteiger partial charge in [0.25, 0.3) is 6.71 Å². The number of rotatable bonds is 4. The molecule has 3 heterocycles. The van der Waals surface area contributed by atoms with E-state index in [-0.39, 0.29) is 17.5 Å². The Kier molecular flexibility index (Phi) is 7.38. The van der Waals surface area contributed by atoms with Crippen molar-refractivity contribution in [1.82, 2.24) is 9.55 Å². The molecule has 0 saturated carbocycles. The van der Waals surface area contributed by atoms with E-state index in [1.165, 1.54) is 27.9 Å². The summed E-state index contributed by atoms with van der Waals surface area (Å²) in [7, 11) is 0. The minimum absolute atomic E-state index is 0.00305. The van der Waals surface area contributed by atoms with Crippen LogP contribution in [0.15, 0.2) is 91.0 Å². The molecule has 2 aliphatic heterocycles. The minimum Gasteiger partial charge on any atom is -0.458 e. The maximum Gasteiger partial charge on any atom is 0.260 e. The van der Waals surface area contributed by atoms with Crippen molar-refractivity contribution in [3.05, 3.63) is 113 Å². The van der Waals surface area contributed by atoms with Crippen molar-refractivity contribution in [3.63, 3.8) is 0 Å². The van der Waals surface area contributed by atoms with Crippen LogP contribution in [0.4, 0.5) is 0 Å². The van der Waals surface area contributed by atoms with Crippen molar-refractivity contribution >= 4 is 34.1 Å². The molecule has 50 heavy (non-hydrogen) atoms. The zero-order valence-corrected chi connectivity index (χ0v) is 31.1. The molecular weight excluding hydrogens is 611 g/mol. The van der Waals surface area contributed by atoms with Crippen molar-refractivity contribution in [2.75, 3.05) is 0 Å². The van der Waals surface area contributed by atoms with Crippen molar-refractivity contribution < 1.29 is 9.47 Å². The van der Waals surface area contributed by atoms with Gasteiger partial charge < -0.3 is 9.47 Å². The predicted octanol–water partition coefficient (Wildman–Crippen LogP) is 10.3. The van der Waals surface area contributed by atoms with Crippen LogP contribution < -0.4 is 25.9 Å². The van der Waals surface area contributed by atoms with Crippen LogP contribution in [0.25, 0.3) is 28.1 Å². The molecule has 0 radical (unpaired) electrons. The first-order valence-electron chi connectivity index (χ1n) is 18.1. The average molecular weight is 659 g/mol. The number of fused-ring (bicyclic) bond motifs is 5. The second-order valence-electron chi connectivity index (χ2n) is 16.9. The van der Waals surface area contributed by atoms with Gasteiger partial charge in [0.1, 0.15) is 28.8 Å². The fraction of sp³-hybridized carbons (Fsp3) is 0.311. The number of imidazole rings is 1. The van der Waals surface area contributed by atoms with E-state index in [0.29, 0.717) is 11.8 Å². The van der Waals surface area contributed by atoms with Gasteiger partial charge in [-0.25, -0.2) is 4.98 Å². The van der Waals surface area contributed by atoms with E-state index in [4.69, 9.17) is 14.5 Å². The summed E-state index contributed by atoms with van der Waals surface area (Å²) in [6.45, 7) is 22.6. The average Bonchev–Trinajstić information content (AvgIpc) is 3.45. The zero-order valence-electron chi connectivity index (χ0n) is 31.1. The predicted molar refractivity (Wildman–Crippen MR) is 210 cm³/mol. The van der Waals surface area contributed by atoms with E-state index in [1.54, 1.807) is 0 Å². The van der Waals surface area contributed by atoms with Gasteiger partial charge in [-0.3, -0.25) is 4.57 Å². The largest absolute Gasteiger partial charge is 0.458 e. The Labute approximate surface area is 297 Å². The highest BCUT2D eigenvalue weighted by Gasteiger charge is 2.42. The van der Waals surface area contributed by atoms with Crippen molar-refractivity contribution in [3.8, 4) is 40.1 Å². The fourth-order valence-corrected chi connectivity index (χ4v) is 7.80. The molecule has 6 aromatic rings. The molecule has 0 atom stereocenters. The Hall–Kier alpha value is -4.77. The van der Waals surface area contributed by atoms with Crippen LogP contribution >= 0.6 is 0 Å². The summed E-state index contributed by atoms with van der Waals surface area (Å²) in [5.41, 5.74) is 12.7. The summed E-state index contributed by atoms with van der Waals surface area (Å²) < 4.78 is 16.4. The molecule has 8 rings (SSSR count). The lowest BCUT2D eigenvalue weighted by Gasteiger charge is -2.35. The first kappa shape index (κ1) is 32.4. The number of nitrogens with zero attached hydrogens (tertiary/aromatic N) is 2. The lowest BCUT2D eigenvalue weighted by molar-refractivity contribution is 0.462. The number of aromatic nitrogens is 2. The highest BCUT2D eigenvalue weighted by atomic mass is 16.5. The second kappa shape index (κ2) is 11.4. The quantitative estimate of drug-likeness (QED) is 0.177. The molecule has 0 bridgehead atoms. The van der Waals surface area contributed by atoms with Crippen LogP contribution in [0, 0.1) is 0 Å². The molecule has 5 aromatic carbocycles. The molecule has 0 unspecified atom stereocenters. The number of benzene rings is 5. The molecular formula is C45H47BN2O2. The molecule has 252 valence electrons. The highest BCUT2D eigenvalue weighted by Crippen LogP contribution is 2.44. The number of hydrogen-bond donors (Lipinski definition) is 0. The lowest BCUT2D eigenvalue weighted by atomic mass is 9.34. The van der Waals surface area contributed by atoms with Crippen LogP contribution in [0.2, 0.25) is 0 Å². The third-order valence-corrected chi connectivity index (χ3v) is 10.6. The van der Waals surface area contributed by atoms with Gasteiger partial charge in [-0.15, -0.1) is 0 Å². The standard InChI is InChI=1S/C45H47BN2O2/c1-26(2)30-14-13-15-31(27(3)4)41(30)48-36-17-12-11-16-35(36)47-43(48)32-20-23-37-40-42(32)50-39-25-29(45(8,9)10)19-22-34(39)46(40)33-21-18-28(44(5,6)7)24-38(33)49-37/h11-27H,1-10H3. The smallest absolute Gasteiger partial charge is 0.260 e. The number of ether oxygens (including phenoxy) is 2. The van der Waals surface area contributed by atoms with Gasteiger partial charge in [-0.1, -0.05) is 124 Å². The highest BCUT2D eigenvalue weighted by molar-refractivity contribution is 6.98. The second-order valence-corrected chi connectivity index (χ2v) is 16.9. The Bertz CT molecular complexity index is 2280. The van der Waals surface area contributed by atoms with Gasteiger partial charge in [-0.05, 0) is 92.2 Å². The van der Waals surface area contributed by atoms with Gasteiger partial charge >= 0.3 is 0 Å². The van der Waals surface area contributed by atoms with E-state index < -0.39 is 0 Å². The Morgan fingerprint density at radius 3 is 1.78 bits per heavy atom. The molecule has 0 spiro atoms. The molecule has 1 aromatic heterocycles. The van der Waals surface area contributed by atoms with Gasteiger partial charge in [-0.2, -0.15) is 0 Å². The Balaban J connectivity index is 1.44. The Morgan fingerprint density at radius 2 is 1.20 bits per heavy atom. The zero-order chi connectivity index (χ0) is 35.3. The maximum atomic E-state index is 7.15. The van der Waals surface area contributed by atoms with Gasteiger partial charge in [0.05, 0.1) is 22.3 Å².